The standard InChI is InChI=1S/C22H27N3O5/c1-15-8-10-18(11-9-15)29-14-20(27)25-17-7-5-6-16(12-17)24-19(26)13-23-21(28)30-22(2,3)4/h5-12H,13-14H2,1-4H3,(H,23,28)(H,24,26)(H,25,27). The molecule has 0 aliphatic rings. The number of hydrogen-bond donors (Lipinski definition) is 3. The summed E-state index contributed by atoms with van der Waals surface area (Å²) in [6, 6.07) is 14.0. The van der Waals surface area contributed by atoms with Crippen molar-refractivity contribution >= 4 is 29.3 Å². The molecule has 30 heavy (non-hydrogen) atoms. The molecule has 2 aromatic rings. The number of benzene rings is 2. The molecule has 0 aliphatic heterocycles. The predicted molar refractivity (Wildman–Crippen MR) is 115 cm³/mol. The van der Waals surface area contributed by atoms with Gasteiger partial charge >= 0.3 is 6.09 Å². The number of hydrogen-bond acceptors (Lipinski definition) is 5. The Morgan fingerprint density at radius 1 is 0.900 bits per heavy atom. The fourth-order valence-electron chi connectivity index (χ4n) is 2.33. The Morgan fingerprint density at radius 3 is 2.10 bits per heavy atom. The molecule has 160 valence electrons. The molecule has 3 N–H and O–H groups in total. The largest absolute Gasteiger partial charge is 0.484 e. The molecule has 0 aromatic heterocycles. The maximum absolute atomic E-state index is 12.1. The summed E-state index contributed by atoms with van der Waals surface area (Å²) >= 11 is 0. The number of amides is 3. The predicted octanol–water partition coefficient (Wildman–Crippen LogP) is 3.48. The van der Waals surface area contributed by atoms with Gasteiger partial charge in [-0.3, -0.25) is 9.59 Å². The summed E-state index contributed by atoms with van der Waals surface area (Å²) in [5.74, 6) is -0.146. The molecular weight excluding hydrogens is 386 g/mol. The summed E-state index contributed by atoms with van der Waals surface area (Å²) in [7, 11) is 0. The highest BCUT2D eigenvalue weighted by Gasteiger charge is 2.16. The first-order valence-corrected chi connectivity index (χ1v) is 9.47. The number of nitrogens with one attached hydrogen (secondary N) is 3. The van der Waals surface area contributed by atoms with Crippen LogP contribution in [0, 0.1) is 6.92 Å². The summed E-state index contributed by atoms with van der Waals surface area (Å²) in [6.07, 6.45) is -0.674. The lowest BCUT2D eigenvalue weighted by atomic mass is 10.2. The van der Waals surface area contributed by atoms with Crippen molar-refractivity contribution in [1.82, 2.24) is 5.32 Å². The van der Waals surface area contributed by atoms with Gasteiger partial charge in [-0.15, -0.1) is 0 Å². The molecule has 8 nitrogen and oxygen atoms in total. The number of alkyl carbamates (subject to hydrolysis) is 1. The normalized spacial score (nSPS) is 10.7. The molecule has 0 atom stereocenters. The molecule has 2 aromatic carbocycles. The van der Waals surface area contributed by atoms with Gasteiger partial charge in [0.25, 0.3) is 5.91 Å². The van der Waals surface area contributed by atoms with Crippen molar-refractivity contribution < 1.29 is 23.9 Å². The van der Waals surface area contributed by atoms with Gasteiger partial charge in [-0.1, -0.05) is 23.8 Å². The van der Waals surface area contributed by atoms with Gasteiger partial charge in [-0.25, -0.2) is 4.79 Å². The van der Waals surface area contributed by atoms with E-state index in [-0.39, 0.29) is 19.1 Å². The van der Waals surface area contributed by atoms with E-state index in [4.69, 9.17) is 9.47 Å². The Balaban J connectivity index is 1.80. The van der Waals surface area contributed by atoms with Crippen LogP contribution < -0.4 is 20.7 Å². The van der Waals surface area contributed by atoms with E-state index in [0.29, 0.717) is 17.1 Å². The first-order chi connectivity index (χ1) is 14.1. The topological polar surface area (TPSA) is 106 Å². The number of rotatable bonds is 7. The Morgan fingerprint density at radius 2 is 1.50 bits per heavy atom. The third-order valence-corrected chi connectivity index (χ3v) is 3.61. The summed E-state index contributed by atoms with van der Waals surface area (Å²) in [5.41, 5.74) is 1.44. The maximum Gasteiger partial charge on any atom is 0.408 e. The van der Waals surface area contributed by atoms with E-state index < -0.39 is 17.6 Å². The Labute approximate surface area is 175 Å². The second kappa shape index (κ2) is 10.3. The van der Waals surface area contributed by atoms with Crippen LogP contribution in [0.4, 0.5) is 16.2 Å². The monoisotopic (exact) mass is 413 g/mol. The van der Waals surface area contributed by atoms with E-state index in [1.807, 2.05) is 19.1 Å². The van der Waals surface area contributed by atoms with E-state index in [0.717, 1.165) is 5.56 Å². The molecule has 0 bridgehead atoms. The third-order valence-electron chi connectivity index (χ3n) is 3.61. The first kappa shape index (κ1) is 22.7. The molecule has 0 unspecified atom stereocenters. The van der Waals surface area contributed by atoms with Crippen LogP contribution in [0.1, 0.15) is 26.3 Å². The lowest BCUT2D eigenvalue weighted by Crippen LogP contribution is -2.37. The van der Waals surface area contributed by atoms with Crippen molar-refractivity contribution in [2.45, 2.75) is 33.3 Å². The smallest absolute Gasteiger partial charge is 0.408 e. The Kier molecular flexibility index (Phi) is 7.80. The zero-order chi connectivity index (χ0) is 22.1. The van der Waals surface area contributed by atoms with Gasteiger partial charge in [0.05, 0.1) is 0 Å². The van der Waals surface area contributed by atoms with E-state index in [2.05, 4.69) is 16.0 Å². The molecule has 0 radical (unpaired) electrons. The lowest BCUT2D eigenvalue weighted by Gasteiger charge is -2.19. The number of anilines is 2. The summed E-state index contributed by atoms with van der Waals surface area (Å²) < 4.78 is 10.5. The maximum atomic E-state index is 12.1. The highest BCUT2D eigenvalue weighted by molar-refractivity contribution is 5.96. The zero-order valence-corrected chi connectivity index (χ0v) is 17.6. The van der Waals surface area contributed by atoms with Crippen molar-refractivity contribution in [2.75, 3.05) is 23.8 Å². The lowest BCUT2D eigenvalue weighted by molar-refractivity contribution is -0.118. The van der Waals surface area contributed by atoms with Crippen LogP contribution in [0.2, 0.25) is 0 Å². The van der Waals surface area contributed by atoms with Gasteiger partial charge in [0.15, 0.2) is 6.61 Å². The highest BCUT2D eigenvalue weighted by Crippen LogP contribution is 2.16. The van der Waals surface area contributed by atoms with Gasteiger partial charge in [0, 0.05) is 11.4 Å². The van der Waals surface area contributed by atoms with E-state index in [9.17, 15) is 14.4 Å². The van der Waals surface area contributed by atoms with Gasteiger partial charge in [0.2, 0.25) is 5.91 Å². The fourth-order valence-corrected chi connectivity index (χ4v) is 2.33. The number of carbonyl (C=O) groups is 3. The Hall–Kier alpha value is -3.55. The number of ether oxygens (including phenoxy) is 2. The van der Waals surface area contributed by atoms with Crippen molar-refractivity contribution in [2.24, 2.45) is 0 Å². The number of carbonyl (C=O) groups excluding carboxylic acids is 3. The van der Waals surface area contributed by atoms with Gasteiger partial charge in [0.1, 0.15) is 17.9 Å². The summed E-state index contributed by atoms with van der Waals surface area (Å²) in [6.45, 7) is 6.79. The van der Waals surface area contributed by atoms with Crippen LogP contribution in [0.3, 0.4) is 0 Å². The second-order valence-electron chi connectivity index (χ2n) is 7.63. The summed E-state index contributed by atoms with van der Waals surface area (Å²) in [5, 5.41) is 7.74. The molecule has 0 heterocycles. The molecule has 3 amide bonds. The second-order valence-corrected chi connectivity index (χ2v) is 7.63. The average Bonchev–Trinajstić information content (AvgIpc) is 2.65. The van der Waals surface area contributed by atoms with Crippen LogP contribution in [-0.4, -0.2) is 36.7 Å². The minimum absolute atomic E-state index is 0.139. The molecule has 2 rings (SSSR count). The van der Waals surface area contributed by atoms with Crippen LogP contribution in [0.15, 0.2) is 48.5 Å². The van der Waals surface area contributed by atoms with Crippen molar-refractivity contribution in [1.29, 1.82) is 0 Å². The molecule has 8 heteroatoms. The molecule has 0 aliphatic carbocycles. The van der Waals surface area contributed by atoms with Crippen LogP contribution >= 0.6 is 0 Å². The van der Waals surface area contributed by atoms with Crippen molar-refractivity contribution in [3.8, 4) is 5.75 Å². The summed E-state index contributed by atoms with van der Waals surface area (Å²) in [4.78, 5) is 35.7. The molecule has 0 saturated carbocycles. The SMILES string of the molecule is Cc1ccc(OCC(=O)Nc2cccc(NC(=O)CNC(=O)OC(C)(C)C)c2)cc1. The molecule has 0 saturated heterocycles. The minimum atomic E-state index is -0.674. The van der Waals surface area contributed by atoms with E-state index in [1.54, 1.807) is 57.2 Å². The van der Waals surface area contributed by atoms with Crippen molar-refractivity contribution in [3.63, 3.8) is 0 Å². The third kappa shape index (κ3) is 8.64. The minimum Gasteiger partial charge on any atom is -0.484 e. The van der Waals surface area contributed by atoms with E-state index >= 15 is 0 Å². The van der Waals surface area contributed by atoms with Crippen LogP contribution in [0.25, 0.3) is 0 Å². The number of aryl methyl sites for hydroxylation is 1. The Bertz CT molecular complexity index is 888. The molecule has 0 spiro atoms. The molecule has 0 fully saturated rings. The highest BCUT2D eigenvalue weighted by atomic mass is 16.6. The average molecular weight is 413 g/mol. The fraction of sp³-hybridized carbons (Fsp3) is 0.318. The van der Waals surface area contributed by atoms with Crippen LogP contribution in [0.5, 0.6) is 5.75 Å². The molecular formula is C22H27N3O5. The zero-order valence-electron chi connectivity index (χ0n) is 17.6. The van der Waals surface area contributed by atoms with Crippen molar-refractivity contribution in [3.05, 3.63) is 54.1 Å². The first-order valence-electron chi connectivity index (χ1n) is 9.47. The van der Waals surface area contributed by atoms with Gasteiger partial charge < -0.3 is 25.4 Å². The van der Waals surface area contributed by atoms with Gasteiger partial charge in [-0.2, -0.15) is 0 Å². The van der Waals surface area contributed by atoms with Crippen LogP contribution in [-0.2, 0) is 14.3 Å². The van der Waals surface area contributed by atoms with E-state index in [1.165, 1.54) is 0 Å². The quantitative estimate of drug-likeness (QED) is 0.644. The van der Waals surface area contributed by atoms with Gasteiger partial charge in [-0.05, 0) is 58.0 Å².